The highest BCUT2D eigenvalue weighted by atomic mass is 32.2. The van der Waals surface area contributed by atoms with Gasteiger partial charge in [-0.25, -0.2) is 4.98 Å². The molecule has 0 radical (unpaired) electrons. The van der Waals surface area contributed by atoms with Crippen molar-refractivity contribution in [1.29, 1.82) is 0 Å². The van der Waals surface area contributed by atoms with Crippen LogP contribution in [0.5, 0.6) is 0 Å². The molecule has 0 aliphatic rings. The second-order valence-electron chi connectivity index (χ2n) is 3.37. The van der Waals surface area contributed by atoms with Crippen molar-refractivity contribution in [3.63, 3.8) is 0 Å². The lowest BCUT2D eigenvalue weighted by Gasteiger charge is -2.04. The summed E-state index contributed by atoms with van der Waals surface area (Å²) in [6.45, 7) is 0.0136. The Labute approximate surface area is 100 Å². The van der Waals surface area contributed by atoms with Crippen molar-refractivity contribution >= 4 is 10.1 Å². The number of pyridine rings is 1. The van der Waals surface area contributed by atoms with Crippen LogP contribution in [0, 0.1) is 0 Å². The van der Waals surface area contributed by atoms with E-state index < -0.39 is 10.1 Å². The molecular formula is C12H11NO3S. The molecule has 4 nitrogen and oxygen atoms in total. The molecular weight excluding hydrogens is 238 g/mol. The Balaban J connectivity index is 2.09. The predicted molar refractivity (Wildman–Crippen MR) is 62.7 cm³/mol. The van der Waals surface area contributed by atoms with E-state index in [-0.39, 0.29) is 11.6 Å². The third-order valence-electron chi connectivity index (χ3n) is 2.12. The first-order chi connectivity index (χ1) is 8.18. The third kappa shape index (κ3) is 3.12. The van der Waals surface area contributed by atoms with Crippen molar-refractivity contribution in [3.8, 4) is 0 Å². The van der Waals surface area contributed by atoms with Crippen LogP contribution in [-0.2, 0) is 20.9 Å². The Hall–Kier alpha value is -1.72. The zero-order chi connectivity index (χ0) is 12.1. The fourth-order valence-electron chi connectivity index (χ4n) is 1.28. The monoisotopic (exact) mass is 249 g/mol. The zero-order valence-corrected chi connectivity index (χ0v) is 9.80. The standard InChI is InChI=1S/C12H11NO3S/c14-17(15,12-8-4-5-9-13-12)16-10-11-6-2-1-3-7-11/h1-9H,10H2. The number of rotatable bonds is 4. The van der Waals surface area contributed by atoms with Crippen molar-refractivity contribution in [2.24, 2.45) is 0 Å². The molecule has 0 aliphatic carbocycles. The van der Waals surface area contributed by atoms with E-state index in [1.807, 2.05) is 18.2 Å². The molecule has 0 bridgehead atoms. The molecule has 2 rings (SSSR count). The highest BCUT2D eigenvalue weighted by molar-refractivity contribution is 7.86. The second-order valence-corrected chi connectivity index (χ2v) is 4.93. The van der Waals surface area contributed by atoms with Gasteiger partial charge in [0.15, 0.2) is 5.03 Å². The van der Waals surface area contributed by atoms with Gasteiger partial charge in [0.05, 0.1) is 6.61 Å². The lowest BCUT2D eigenvalue weighted by Crippen LogP contribution is -2.07. The van der Waals surface area contributed by atoms with E-state index in [4.69, 9.17) is 4.18 Å². The number of nitrogens with zero attached hydrogens (tertiary/aromatic N) is 1. The van der Waals surface area contributed by atoms with Gasteiger partial charge in [-0.2, -0.15) is 8.42 Å². The fraction of sp³-hybridized carbons (Fsp3) is 0.0833. The summed E-state index contributed by atoms with van der Waals surface area (Å²) in [6.07, 6.45) is 1.42. The molecule has 88 valence electrons. The van der Waals surface area contributed by atoms with Crippen LogP contribution < -0.4 is 0 Å². The molecule has 0 saturated carbocycles. The fourth-order valence-corrected chi connectivity index (χ4v) is 2.12. The van der Waals surface area contributed by atoms with Crippen molar-refractivity contribution < 1.29 is 12.6 Å². The summed E-state index contributed by atoms with van der Waals surface area (Å²) in [5.41, 5.74) is 0.798. The molecule has 1 heterocycles. The Morgan fingerprint density at radius 3 is 2.35 bits per heavy atom. The van der Waals surface area contributed by atoms with Crippen molar-refractivity contribution in [3.05, 3.63) is 60.3 Å². The number of benzene rings is 1. The molecule has 0 unspecified atom stereocenters. The lowest BCUT2D eigenvalue weighted by atomic mass is 10.2. The summed E-state index contributed by atoms with van der Waals surface area (Å²) >= 11 is 0. The van der Waals surface area contributed by atoms with Crippen LogP contribution in [0.4, 0.5) is 0 Å². The van der Waals surface area contributed by atoms with Crippen molar-refractivity contribution in [1.82, 2.24) is 4.98 Å². The van der Waals surface area contributed by atoms with E-state index in [1.54, 1.807) is 24.3 Å². The molecule has 5 heteroatoms. The van der Waals surface area contributed by atoms with Gasteiger partial charge in [-0.05, 0) is 17.7 Å². The molecule has 0 atom stereocenters. The molecule has 0 amide bonds. The van der Waals surface area contributed by atoms with Gasteiger partial charge in [0.1, 0.15) is 0 Å². The van der Waals surface area contributed by atoms with E-state index in [0.717, 1.165) is 5.56 Å². The van der Waals surface area contributed by atoms with Gasteiger partial charge in [0, 0.05) is 6.20 Å². The topological polar surface area (TPSA) is 56.3 Å². The Bertz CT molecular complexity index is 567. The van der Waals surface area contributed by atoms with Crippen LogP contribution in [0.3, 0.4) is 0 Å². The minimum Gasteiger partial charge on any atom is -0.260 e. The van der Waals surface area contributed by atoms with E-state index in [2.05, 4.69) is 4.98 Å². The maximum atomic E-state index is 11.7. The molecule has 0 saturated heterocycles. The third-order valence-corrected chi connectivity index (χ3v) is 3.30. The Morgan fingerprint density at radius 1 is 1.00 bits per heavy atom. The molecule has 0 spiro atoms. The summed E-state index contributed by atoms with van der Waals surface area (Å²) < 4.78 is 28.4. The van der Waals surface area contributed by atoms with E-state index in [9.17, 15) is 8.42 Å². The molecule has 1 aromatic carbocycles. The van der Waals surface area contributed by atoms with E-state index in [1.165, 1.54) is 12.3 Å². The van der Waals surface area contributed by atoms with Gasteiger partial charge in [-0.3, -0.25) is 4.18 Å². The van der Waals surface area contributed by atoms with Gasteiger partial charge >= 0.3 is 10.1 Å². The average Bonchev–Trinajstić information content (AvgIpc) is 2.39. The lowest BCUT2D eigenvalue weighted by molar-refractivity contribution is 0.306. The maximum Gasteiger partial charge on any atom is 0.314 e. The average molecular weight is 249 g/mol. The van der Waals surface area contributed by atoms with Crippen LogP contribution in [0.2, 0.25) is 0 Å². The van der Waals surface area contributed by atoms with Crippen LogP contribution in [0.1, 0.15) is 5.56 Å². The number of hydrogen-bond donors (Lipinski definition) is 0. The summed E-state index contributed by atoms with van der Waals surface area (Å²) in [6, 6.07) is 13.8. The highest BCUT2D eigenvalue weighted by Gasteiger charge is 2.15. The molecule has 0 N–H and O–H groups in total. The molecule has 17 heavy (non-hydrogen) atoms. The Morgan fingerprint density at radius 2 is 1.71 bits per heavy atom. The quantitative estimate of drug-likeness (QED) is 0.777. The largest absolute Gasteiger partial charge is 0.314 e. The van der Waals surface area contributed by atoms with Gasteiger partial charge in [0.2, 0.25) is 0 Å². The summed E-state index contributed by atoms with van der Waals surface area (Å²) in [5.74, 6) is 0. The molecule has 2 aromatic rings. The van der Waals surface area contributed by atoms with Gasteiger partial charge in [0.25, 0.3) is 0 Å². The zero-order valence-electron chi connectivity index (χ0n) is 8.98. The first-order valence-electron chi connectivity index (χ1n) is 5.03. The van der Waals surface area contributed by atoms with Crippen molar-refractivity contribution in [2.45, 2.75) is 11.6 Å². The maximum absolute atomic E-state index is 11.7. The summed E-state index contributed by atoms with van der Waals surface area (Å²) in [5, 5.41) is -0.0732. The SMILES string of the molecule is O=S(=O)(OCc1ccccc1)c1ccccn1. The first-order valence-corrected chi connectivity index (χ1v) is 6.44. The second kappa shape index (κ2) is 5.07. The first kappa shape index (κ1) is 11.8. The minimum absolute atomic E-state index is 0.0136. The predicted octanol–water partition coefficient (Wildman–Crippen LogP) is 1.99. The van der Waals surface area contributed by atoms with Crippen LogP contribution >= 0.6 is 0 Å². The number of aromatic nitrogens is 1. The van der Waals surface area contributed by atoms with Gasteiger partial charge < -0.3 is 0 Å². The van der Waals surface area contributed by atoms with Gasteiger partial charge in [-0.15, -0.1) is 0 Å². The molecule has 0 fully saturated rings. The highest BCUT2D eigenvalue weighted by Crippen LogP contribution is 2.11. The van der Waals surface area contributed by atoms with Crippen molar-refractivity contribution in [2.75, 3.05) is 0 Å². The smallest absolute Gasteiger partial charge is 0.260 e. The normalized spacial score (nSPS) is 11.3. The Kier molecular flexibility index (Phi) is 3.51. The van der Waals surface area contributed by atoms with Crippen LogP contribution in [0.25, 0.3) is 0 Å². The minimum atomic E-state index is -3.77. The molecule has 0 aliphatic heterocycles. The summed E-state index contributed by atoms with van der Waals surface area (Å²) in [4.78, 5) is 3.75. The number of hydrogen-bond acceptors (Lipinski definition) is 4. The van der Waals surface area contributed by atoms with E-state index >= 15 is 0 Å². The van der Waals surface area contributed by atoms with Crippen LogP contribution in [0.15, 0.2) is 59.8 Å². The van der Waals surface area contributed by atoms with Crippen LogP contribution in [-0.4, -0.2) is 13.4 Å². The molecule has 1 aromatic heterocycles. The van der Waals surface area contributed by atoms with E-state index in [0.29, 0.717) is 0 Å². The summed E-state index contributed by atoms with van der Waals surface area (Å²) in [7, 11) is -3.77. The van der Waals surface area contributed by atoms with Gasteiger partial charge in [-0.1, -0.05) is 36.4 Å².